The Morgan fingerprint density at radius 1 is 0.789 bits per heavy atom. The van der Waals surface area contributed by atoms with Gasteiger partial charge in [-0.05, 0) is 0 Å². The molecule has 0 aromatic carbocycles. The maximum Gasteiger partial charge on any atom is 4.00 e. The van der Waals surface area contributed by atoms with Crippen LogP contribution >= 0.6 is 0 Å². The second kappa shape index (κ2) is 18.6. The summed E-state index contributed by atoms with van der Waals surface area (Å²) < 4.78 is 0. The third-order valence-corrected chi connectivity index (χ3v) is 3.66. The third kappa shape index (κ3) is 16.6. The van der Waals surface area contributed by atoms with Crippen molar-refractivity contribution in [2.75, 3.05) is 0 Å². The van der Waals surface area contributed by atoms with Gasteiger partial charge in [0, 0.05) is 0 Å². The molecule has 0 atom stereocenters. The van der Waals surface area contributed by atoms with Crippen LogP contribution in [-0.2, 0) is 26.2 Å². The van der Waals surface area contributed by atoms with Crippen LogP contribution in [0.1, 0.15) is 97.3 Å². The fourth-order valence-electron chi connectivity index (χ4n) is 2.41. The first-order chi connectivity index (χ1) is 8.85. The first-order valence-electron chi connectivity index (χ1n) is 8.22. The van der Waals surface area contributed by atoms with Crippen molar-refractivity contribution in [2.24, 2.45) is 0 Å². The molecule has 2 fully saturated rings. The van der Waals surface area contributed by atoms with E-state index >= 15 is 0 Å². The van der Waals surface area contributed by atoms with Gasteiger partial charge in [0.25, 0.3) is 0 Å². The van der Waals surface area contributed by atoms with E-state index in [4.69, 9.17) is 0 Å². The number of rotatable bonds is 3. The summed E-state index contributed by atoms with van der Waals surface area (Å²) in [6.45, 7) is 8.02. The molecular weight excluding hydrogens is 307 g/mol. The van der Waals surface area contributed by atoms with Gasteiger partial charge in [-0.1, -0.05) is 84.5 Å². The normalized spacial score (nSPS) is 17.7. The van der Waals surface area contributed by atoms with Gasteiger partial charge in [0.15, 0.2) is 0 Å². The van der Waals surface area contributed by atoms with Crippen molar-refractivity contribution in [3.63, 3.8) is 0 Å². The van der Waals surface area contributed by atoms with Gasteiger partial charge in [-0.3, -0.25) is 5.57 Å². The van der Waals surface area contributed by atoms with Crippen LogP contribution in [0.2, 0.25) is 0 Å². The monoisotopic (exact) mass is 340 g/mol. The summed E-state index contributed by atoms with van der Waals surface area (Å²) in [5.41, 5.74) is 1.35. The zero-order chi connectivity index (χ0) is 13.5. The van der Waals surface area contributed by atoms with Crippen LogP contribution in [0.5, 0.6) is 0 Å². The largest absolute Gasteiger partial charge is 4.00 e. The Morgan fingerprint density at radius 3 is 1.21 bits per heavy atom. The standard InChI is InChI=1S/C8H14.2C5H10.Zr/c1-4-7-8(5-2)6-3;2*1-2-4-5-3-1;/h2,4-6H2,1,3H3;2*1-5H2;/q-2;;;+4. The zero-order valence-electron chi connectivity index (χ0n) is 13.4. The molecule has 19 heavy (non-hydrogen) atoms. The molecule has 0 amide bonds. The third-order valence-electron chi connectivity index (χ3n) is 3.66. The summed E-state index contributed by atoms with van der Waals surface area (Å²) in [6.07, 6.45) is 21.3. The van der Waals surface area contributed by atoms with E-state index in [0.29, 0.717) is 0 Å². The van der Waals surface area contributed by atoms with Crippen molar-refractivity contribution in [1.29, 1.82) is 0 Å². The van der Waals surface area contributed by atoms with Crippen molar-refractivity contribution < 1.29 is 26.2 Å². The molecular formula is C18H34Zr+2. The molecule has 2 aliphatic rings. The molecule has 0 aliphatic heterocycles. The Labute approximate surface area is 142 Å². The first-order valence-corrected chi connectivity index (χ1v) is 8.22. The van der Waals surface area contributed by atoms with E-state index in [0.717, 1.165) is 19.3 Å². The van der Waals surface area contributed by atoms with Crippen molar-refractivity contribution in [1.82, 2.24) is 0 Å². The van der Waals surface area contributed by atoms with E-state index in [1.54, 1.807) is 0 Å². The Kier molecular flexibility index (Phi) is 21.5. The number of allylic oxidation sites excluding steroid dienone is 2. The van der Waals surface area contributed by atoms with Gasteiger partial charge >= 0.3 is 26.2 Å². The van der Waals surface area contributed by atoms with Crippen molar-refractivity contribution in [3.8, 4) is 0 Å². The van der Waals surface area contributed by atoms with E-state index in [9.17, 15) is 0 Å². The molecule has 1 heteroatoms. The second-order valence-corrected chi connectivity index (χ2v) is 5.27. The molecule has 0 bridgehead atoms. The maximum absolute atomic E-state index is 3.78. The van der Waals surface area contributed by atoms with Crippen LogP contribution < -0.4 is 0 Å². The summed E-state index contributed by atoms with van der Waals surface area (Å²) in [7, 11) is 0. The van der Waals surface area contributed by atoms with Crippen molar-refractivity contribution in [2.45, 2.75) is 97.3 Å². The Bertz CT molecular complexity index is 145. The van der Waals surface area contributed by atoms with E-state index < -0.39 is 0 Å². The summed E-state index contributed by atoms with van der Waals surface area (Å²) in [4.78, 5) is 0. The quantitative estimate of drug-likeness (QED) is 0.503. The SMILES string of the molecule is C1CCCC1.C1CCCC1.[CH2-]CC(=[C-]CC)CC.[Zr+4]. The molecule has 0 aromatic rings. The maximum atomic E-state index is 3.78. The Hall–Kier alpha value is 0.623. The minimum Gasteiger partial charge on any atom is -0.500 e. The zero-order valence-corrected chi connectivity index (χ0v) is 15.9. The molecule has 0 nitrogen and oxygen atoms in total. The molecule has 2 aliphatic carbocycles. The van der Waals surface area contributed by atoms with Gasteiger partial charge in [0.1, 0.15) is 0 Å². The molecule has 0 unspecified atom stereocenters. The molecule has 2 saturated carbocycles. The molecule has 2 rings (SSSR count). The molecule has 0 spiro atoms. The van der Waals surface area contributed by atoms with Gasteiger partial charge in [-0.25, -0.2) is 0 Å². The van der Waals surface area contributed by atoms with Crippen LogP contribution in [0.25, 0.3) is 0 Å². The van der Waals surface area contributed by atoms with Gasteiger partial charge in [0.05, 0.1) is 0 Å². The van der Waals surface area contributed by atoms with Gasteiger partial charge in [-0.2, -0.15) is 12.8 Å². The Morgan fingerprint density at radius 2 is 1.11 bits per heavy atom. The van der Waals surface area contributed by atoms with E-state index in [2.05, 4.69) is 26.8 Å². The fourth-order valence-corrected chi connectivity index (χ4v) is 2.41. The van der Waals surface area contributed by atoms with Crippen LogP contribution in [0.15, 0.2) is 5.57 Å². The summed E-state index contributed by atoms with van der Waals surface area (Å²) in [6, 6.07) is 0. The van der Waals surface area contributed by atoms with E-state index in [1.165, 1.54) is 69.8 Å². The Balaban J connectivity index is 0. The van der Waals surface area contributed by atoms with Crippen molar-refractivity contribution in [3.05, 3.63) is 18.6 Å². The minimum atomic E-state index is 0. The predicted octanol–water partition coefficient (Wildman–Crippen LogP) is 6.66. The van der Waals surface area contributed by atoms with Crippen molar-refractivity contribution >= 4 is 0 Å². The smallest absolute Gasteiger partial charge is 0.500 e. The molecule has 0 heterocycles. The van der Waals surface area contributed by atoms with Gasteiger partial charge in [0.2, 0.25) is 0 Å². The molecule has 0 radical (unpaired) electrons. The summed E-state index contributed by atoms with van der Waals surface area (Å²) >= 11 is 0. The van der Waals surface area contributed by atoms with Gasteiger partial charge in [-0.15, -0.1) is 0 Å². The summed E-state index contributed by atoms with van der Waals surface area (Å²) in [5, 5.41) is 0. The number of hydrogen-bond donors (Lipinski definition) is 0. The van der Waals surface area contributed by atoms with Crippen LogP contribution in [0, 0.1) is 13.0 Å². The van der Waals surface area contributed by atoms with Gasteiger partial charge < -0.3 is 13.0 Å². The fraction of sp³-hybridized carbons (Fsp3) is 0.833. The predicted molar refractivity (Wildman–Crippen MR) is 83.5 cm³/mol. The minimum absolute atomic E-state index is 0. The van der Waals surface area contributed by atoms with Crippen LogP contribution in [-0.4, -0.2) is 0 Å². The molecule has 108 valence electrons. The summed E-state index contributed by atoms with van der Waals surface area (Å²) in [5.74, 6) is 0. The number of hydrogen-bond acceptors (Lipinski definition) is 0. The first kappa shape index (κ1) is 21.9. The average molecular weight is 342 g/mol. The molecule has 0 saturated heterocycles. The average Bonchev–Trinajstić information content (AvgIpc) is 3.13. The molecule has 0 N–H and O–H groups in total. The van der Waals surface area contributed by atoms with E-state index in [-0.39, 0.29) is 26.2 Å². The second-order valence-electron chi connectivity index (χ2n) is 5.27. The van der Waals surface area contributed by atoms with Crippen LogP contribution in [0.4, 0.5) is 0 Å². The van der Waals surface area contributed by atoms with E-state index in [1.807, 2.05) is 0 Å². The topological polar surface area (TPSA) is 0 Å². The van der Waals surface area contributed by atoms with Crippen LogP contribution in [0.3, 0.4) is 0 Å². The molecule has 0 aromatic heterocycles.